The highest BCUT2D eigenvalue weighted by Gasteiger charge is 2.20. The third-order valence-electron chi connectivity index (χ3n) is 3.29. The molecule has 0 unspecified atom stereocenters. The monoisotopic (exact) mass is 361 g/mol. The molecular formula is C18H13Cl2NO3. The maximum atomic E-state index is 12.6. The number of Topliss-reactive ketones (excluding diaryl/α,β-unsaturated/α-hetero) is 1. The van der Waals surface area contributed by atoms with Crippen molar-refractivity contribution in [1.82, 2.24) is 0 Å². The number of allylic oxidation sites excluding steroid dienone is 1. The molecule has 0 aliphatic carbocycles. The van der Waals surface area contributed by atoms with Crippen LogP contribution in [0.2, 0.25) is 10.0 Å². The summed E-state index contributed by atoms with van der Waals surface area (Å²) in [6.07, 6.45) is 1.42. The molecule has 122 valence electrons. The van der Waals surface area contributed by atoms with Crippen molar-refractivity contribution in [1.29, 1.82) is 5.26 Å². The lowest BCUT2D eigenvalue weighted by Crippen LogP contribution is -2.04. The molecule has 0 aliphatic rings. The molecule has 2 rings (SSSR count). The molecule has 0 N–H and O–H groups in total. The summed E-state index contributed by atoms with van der Waals surface area (Å²) in [7, 11) is 2.99. The fourth-order valence-corrected chi connectivity index (χ4v) is 2.75. The molecule has 2 aromatic carbocycles. The van der Waals surface area contributed by atoms with Gasteiger partial charge < -0.3 is 9.47 Å². The van der Waals surface area contributed by atoms with Crippen LogP contribution < -0.4 is 9.47 Å². The quantitative estimate of drug-likeness (QED) is 0.436. The Morgan fingerprint density at radius 1 is 1.08 bits per heavy atom. The third kappa shape index (κ3) is 3.53. The Morgan fingerprint density at radius 3 is 2.25 bits per heavy atom. The van der Waals surface area contributed by atoms with E-state index in [0.717, 1.165) is 0 Å². The summed E-state index contributed by atoms with van der Waals surface area (Å²) in [4.78, 5) is 12.6. The molecule has 0 heterocycles. The number of para-hydroxylation sites is 1. The topological polar surface area (TPSA) is 59.3 Å². The van der Waals surface area contributed by atoms with Crippen LogP contribution in [0.3, 0.4) is 0 Å². The summed E-state index contributed by atoms with van der Waals surface area (Å²) >= 11 is 12.1. The van der Waals surface area contributed by atoms with Crippen LogP contribution >= 0.6 is 23.2 Å². The third-order valence-corrected chi connectivity index (χ3v) is 3.92. The average molecular weight is 362 g/mol. The number of ether oxygens (including phenoxy) is 2. The van der Waals surface area contributed by atoms with Gasteiger partial charge in [0.15, 0.2) is 11.5 Å². The Labute approximate surface area is 149 Å². The number of benzene rings is 2. The van der Waals surface area contributed by atoms with Crippen molar-refractivity contribution in [3.8, 4) is 17.6 Å². The molecule has 6 heteroatoms. The number of ketones is 1. The summed E-state index contributed by atoms with van der Waals surface area (Å²) in [6, 6.07) is 11.8. The first kappa shape index (κ1) is 17.9. The number of carbonyl (C=O) groups is 1. The van der Waals surface area contributed by atoms with E-state index in [1.54, 1.807) is 36.4 Å². The minimum atomic E-state index is -0.557. The van der Waals surface area contributed by atoms with Crippen LogP contribution in [0.1, 0.15) is 15.9 Å². The van der Waals surface area contributed by atoms with Crippen molar-refractivity contribution in [2.24, 2.45) is 0 Å². The average Bonchev–Trinajstić information content (AvgIpc) is 2.58. The molecule has 24 heavy (non-hydrogen) atoms. The van der Waals surface area contributed by atoms with Crippen LogP contribution in [-0.2, 0) is 0 Å². The van der Waals surface area contributed by atoms with Crippen molar-refractivity contribution < 1.29 is 14.3 Å². The van der Waals surface area contributed by atoms with E-state index in [9.17, 15) is 10.1 Å². The first-order valence-electron chi connectivity index (χ1n) is 6.85. The molecule has 0 saturated heterocycles. The number of hydrogen-bond donors (Lipinski definition) is 0. The number of methoxy groups -OCH3 is 2. The van der Waals surface area contributed by atoms with Gasteiger partial charge in [0.25, 0.3) is 0 Å². The fraction of sp³-hybridized carbons (Fsp3) is 0.111. The molecule has 4 nitrogen and oxygen atoms in total. The highest BCUT2D eigenvalue weighted by molar-refractivity contribution is 6.41. The molecular weight excluding hydrogens is 349 g/mol. The number of nitriles is 1. The number of hydrogen-bond acceptors (Lipinski definition) is 4. The highest BCUT2D eigenvalue weighted by atomic mass is 35.5. The maximum absolute atomic E-state index is 12.6. The van der Waals surface area contributed by atoms with Crippen molar-refractivity contribution in [3.05, 3.63) is 63.1 Å². The lowest BCUT2D eigenvalue weighted by Gasteiger charge is -2.10. The lowest BCUT2D eigenvalue weighted by molar-refractivity contribution is 0.104. The van der Waals surface area contributed by atoms with Crippen LogP contribution in [-0.4, -0.2) is 20.0 Å². The van der Waals surface area contributed by atoms with Crippen LogP contribution in [0.5, 0.6) is 11.5 Å². The van der Waals surface area contributed by atoms with E-state index in [0.29, 0.717) is 17.1 Å². The van der Waals surface area contributed by atoms with Gasteiger partial charge in [-0.2, -0.15) is 5.26 Å². The fourth-order valence-electron chi connectivity index (χ4n) is 2.18. The van der Waals surface area contributed by atoms with E-state index in [1.807, 2.05) is 6.07 Å². The summed E-state index contributed by atoms with van der Waals surface area (Å²) in [5, 5.41) is 9.77. The molecule has 0 atom stereocenters. The predicted octanol–water partition coefficient (Wildman–Crippen LogP) is 4.80. The van der Waals surface area contributed by atoms with E-state index in [1.165, 1.54) is 20.3 Å². The Morgan fingerprint density at radius 2 is 1.71 bits per heavy atom. The largest absolute Gasteiger partial charge is 0.493 e. The van der Waals surface area contributed by atoms with Crippen molar-refractivity contribution >= 4 is 35.1 Å². The van der Waals surface area contributed by atoms with E-state index in [2.05, 4.69) is 0 Å². The van der Waals surface area contributed by atoms with Gasteiger partial charge in [-0.25, -0.2) is 0 Å². The molecule has 0 saturated carbocycles. The summed E-state index contributed by atoms with van der Waals surface area (Å²) in [6.45, 7) is 0. The van der Waals surface area contributed by atoms with Gasteiger partial charge in [-0.05, 0) is 24.3 Å². The minimum absolute atomic E-state index is 0.0931. The molecule has 0 aromatic heterocycles. The smallest absolute Gasteiger partial charge is 0.206 e. The van der Waals surface area contributed by atoms with E-state index < -0.39 is 5.78 Å². The van der Waals surface area contributed by atoms with Gasteiger partial charge in [0.1, 0.15) is 11.6 Å². The van der Waals surface area contributed by atoms with Crippen molar-refractivity contribution in [2.45, 2.75) is 0 Å². The lowest BCUT2D eigenvalue weighted by atomic mass is 10.0. The van der Waals surface area contributed by atoms with Gasteiger partial charge in [-0.1, -0.05) is 41.4 Å². The van der Waals surface area contributed by atoms with E-state index in [4.69, 9.17) is 32.7 Å². The second-order valence-electron chi connectivity index (χ2n) is 4.68. The predicted molar refractivity (Wildman–Crippen MR) is 93.9 cm³/mol. The van der Waals surface area contributed by atoms with Crippen molar-refractivity contribution in [2.75, 3.05) is 14.2 Å². The summed E-state index contributed by atoms with van der Waals surface area (Å²) < 4.78 is 10.5. The molecule has 0 bridgehead atoms. The van der Waals surface area contributed by atoms with Gasteiger partial charge >= 0.3 is 0 Å². The summed E-state index contributed by atoms with van der Waals surface area (Å²) in [5.74, 6) is 0.357. The molecule has 0 radical (unpaired) electrons. The molecule has 2 aromatic rings. The Balaban J connectivity index is 2.56. The number of rotatable bonds is 5. The number of nitrogens with zero attached hydrogens (tertiary/aromatic N) is 1. The molecule has 0 amide bonds. The Hall–Kier alpha value is -2.48. The highest BCUT2D eigenvalue weighted by Crippen LogP contribution is 2.33. The van der Waals surface area contributed by atoms with Crippen LogP contribution in [0.15, 0.2) is 42.0 Å². The maximum Gasteiger partial charge on any atom is 0.206 e. The SMILES string of the molecule is COc1cccc(/C=C(/C#N)C(=O)c2c(Cl)cccc2Cl)c1OC. The van der Waals surface area contributed by atoms with Gasteiger partial charge in [-0.15, -0.1) is 0 Å². The van der Waals surface area contributed by atoms with Crippen LogP contribution in [0, 0.1) is 11.3 Å². The van der Waals surface area contributed by atoms with Crippen LogP contribution in [0.4, 0.5) is 0 Å². The van der Waals surface area contributed by atoms with Crippen molar-refractivity contribution in [3.63, 3.8) is 0 Å². The van der Waals surface area contributed by atoms with E-state index in [-0.39, 0.29) is 21.2 Å². The molecule has 0 spiro atoms. The Kier molecular flexibility index (Phi) is 5.86. The van der Waals surface area contributed by atoms with Gasteiger partial charge in [0, 0.05) is 5.56 Å². The second-order valence-corrected chi connectivity index (χ2v) is 5.49. The summed E-state index contributed by atoms with van der Waals surface area (Å²) in [5.41, 5.74) is 0.511. The van der Waals surface area contributed by atoms with Crippen LogP contribution in [0.25, 0.3) is 6.08 Å². The number of halogens is 2. The zero-order valence-corrected chi connectivity index (χ0v) is 14.5. The standard InChI is InChI=1S/C18H13Cl2NO3/c1-23-15-8-3-5-11(18(15)24-2)9-12(10-21)17(22)16-13(19)6-4-7-14(16)20/h3-9H,1-2H3/b12-9-. The normalized spacial score (nSPS) is 10.9. The molecule has 0 fully saturated rings. The van der Waals surface area contributed by atoms with Gasteiger partial charge in [0.05, 0.1) is 29.8 Å². The zero-order chi connectivity index (χ0) is 17.7. The second kappa shape index (κ2) is 7.87. The Bertz CT molecular complexity index is 834. The first-order valence-corrected chi connectivity index (χ1v) is 7.60. The van der Waals surface area contributed by atoms with Gasteiger partial charge in [-0.3, -0.25) is 4.79 Å². The van der Waals surface area contributed by atoms with Gasteiger partial charge in [0.2, 0.25) is 5.78 Å². The zero-order valence-electron chi connectivity index (χ0n) is 13.0. The number of carbonyl (C=O) groups excluding carboxylic acids is 1. The molecule has 0 aliphatic heterocycles. The first-order chi connectivity index (χ1) is 11.5. The van der Waals surface area contributed by atoms with E-state index >= 15 is 0 Å². The minimum Gasteiger partial charge on any atom is -0.493 e.